The van der Waals surface area contributed by atoms with Crippen LogP contribution in [-0.2, 0) is 23.8 Å². The van der Waals surface area contributed by atoms with Gasteiger partial charge in [-0.05, 0) is 25.1 Å². The molecule has 0 unspecified atom stereocenters. The average molecular weight is 596 g/mol. The molecule has 0 N–H and O–H groups in total. The predicted molar refractivity (Wildman–Crippen MR) is 137 cm³/mol. The van der Waals surface area contributed by atoms with Crippen molar-refractivity contribution in [1.29, 1.82) is 5.26 Å². The number of benzene rings is 1. The van der Waals surface area contributed by atoms with E-state index in [1.165, 1.54) is 19.1 Å². The van der Waals surface area contributed by atoms with Crippen LogP contribution < -0.4 is 20.7 Å². The minimum atomic E-state index is -1.79. The van der Waals surface area contributed by atoms with Crippen molar-refractivity contribution >= 4 is 24.0 Å². The molecule has 15 nitrogen and oxygen atoms in total. The lowest BCUT2D eigenvalue weighted by molar-refractivity contribution is -0.165. The summed E-state index contributed by atoms with van der Waals surface area (Å²) in [6, 6.07) is 11.7. The molecule has 1 aliphatic rings. The Balaban J connectivity index is 1.70. The number of aromatic nitrogens is 3. The molecule has 3 aromatic rings. The SMILES string of the molecule is CC(=O)O[C@@H]1[C@H](OC(C)=O)[C@@H](C)O[C@H]1n1cc(F)c(=O)n(C(=O)Oc2nc(OC(=O)c3ccccc3)ccc2C#N)c1=O. The van der Waals surface area contributed by atoms with Gasteiger partial charge in [-0.1, -0.05) is 18.2 Å². The molecule has 1 fully saturated rings. The Labute approximate surface area is 240 Å². The third-order valence-electron chi connectivity index (χ3n) is 5.90. The number of nitriles is 1. The zero-order valence-corrected chi connectivity index (χ0v) is 22.6. The van der Waals surface area contributed by atoms with E-state index in [1.54, 1.807) is 24.3 Å². The molecular formula is C27H21FN4O11. The summed E-state index contributed by atoms with van der Waals surface area (Å²) < 4.78 is 41.1. The molecule has 1 saturated heterocycles. The molecule has 0 bridgehead atoms. The number of rotatable bonds is 6. The fraction of sp³-hybridized carbons (Fsp3) is 0.259. The van der Waals surface area contributed by atoms with Crippen LogP contribution >= 0.6 is 0 Å². The molecule has 0 spiro atoms. The molecule has 2 aromatic heterocycles. The summed E-state index contributed by atoms with van der Waals surface area (Å²) in [6.07, 6.45) is -6.73. The van der Waals surface area contributed by atoms with Crippen molar-refractivity contribution in [2.24, 2.45) is 0 Å². The van der Waals surface area contributed by atoms with Crippen LogP contribution in [0.1, 0.15) is 42.9 Å². The number of hydrogen-bond donors (Lipinski definition) is 0. The van der Waals surface area contributed by atoms with Crippen molar-refractivity contribution < 1.29 is 47.3 Å². The van der Waals surface area contributed by atoms with Crippen molar-refractivity contribution in [2.75, 3.05) is 0 Å². The standard InChI is InChI=1S/C27H21FN4O11/c1-13-20(40-14(2)33)21(41-15(3)34)24(39-13)31-12-18(28)23(35)32(26(31)37)27(38)43-22-17(11-29)9-10-19(30-22)42-25(36)16-7-5-4-6-8-16/h4-10,12-13,20-21,24H,1-3H3/t13-,20-,21-,24-/m1/s1. The Hall–Kier alpha value is -5.69. The number of carbonyl (C=O) groups excluding carboxylic acids is 4. The van der Waals surface area contributed by atoms with Gasteiger partial charge in [0.2, 0.25) is 17.6 Å². The van der Waals surface area contributed by atoms with Crippen molar-refractivity contribution in [3.05, 3.63) is 86.4 Å². The van der Waals surface area contributed by atoms with Gasteiger partial charge in [0.1, 0.15) is 11.6 Å². The quantitative estimate of drug-likeness (QED) is 0.371. The summed E-state index contributed by atoms with van der Waals surface area (Å²) in [7, 11) is 0. The topological polar surface area (TPSA) is 195 Å². The summed E-state index contributed by atoms with van der Waals surface area (Å²) in [5.41, 5.74) is -3.45. The average Bonchev–Trinajstić information content (AvgIpc) is 3.24. The lowest BCUT2D eigenvalue weighted by Crippen LogP contribution is -2.49. The van der Waals surface area contributed by atoms with E-state index in [0.29, 0.717) is 10.8 Å². The summed E-state index contributed by atoms with van der Waals surface area (Å²) in [4.78, 5) is 78.5. The first-order valence-electron chi connectivity index (χ1n) is 12.4. The van der Waals surface area contributed by atoms with E-state index >= 15 is 0 Å². The minimum absolute atomic E-state index is 0.158. The Bertz CT molecular complexity index is 1760. The summed E-state index contributed by atoms with van der Waals surface area (Å²) in [5.74, 6) is -5.28. The molecule has 0 aliphatic carbocycles. The number of hydrogen-bond acceptors (Lipinski definition) is 13. The third kappa shape index (κ3) is 6.47. The normalized spacial score (nSPS) is 19.1. The molecule has 1 aromatic carbocycles. The first-order valence-corrected chi connectivity index (χ1v) is 12.4. The monoisotopic (exact) mass is 596 g/mol. The Morgan fingerprint density at radius 3 is 2.26 bits per heavy atom. The molecule has 0 amide bonds. The Morgan fingerprint density at radius 1 is 0.977 bits per heavy atom. The van der Waals surface area contributed by atoms with E-state index in [4.69, 9.17) is 23.7 Å². The highest BCUT2D eigenvalue weighted by molar-refractivity contribution is 5.90. The molecular weight excluding hydrogens is 575 g/mol. The molecule has 222 valence electrons. The van der Waals surface area contributed by atoms with Gasteiger partial charge in [0.05, 0.1) is 17.9 Å². The summed E-state index contributed by atoms with van der Waals surface area (Å²) in [6.45, 7) is 3.52. The van der Waals surface area contributed by atoms with Gasteiger partial charge in [-0.25, -0.2) is 14.4 Å². The molecule has 4 atom stereocenters. The molecule has 4 rings (SSSR count). The van der Waals surface area contributed by atoms with Gasteiger partial charge in [0, 0.05) is 19.9 Å². The van der Waals surface area contributed by atoms with Gasteiger partial charge < -0.3 is 23.7 Å². The van der Waals surface area contributed by atoms with Crippen LogP contribution in [0.25, 0.3) is 0 Å². The van der Waals surface area contributed by atoms with Gasteiger partial charge in [-0.3, -0.25) is 19.0 Å². The molecule has 16 heteroatoms. The number of ether oxygens (including phenoxy) is 5. The van der Waals surface area contributed by atoms with Gasteiger partial charge in [-0.2, -0.15) is 19.2 Å². The van der Waals surface area contributed by atoms with Crippen molar-refractivity contribution in [2.45, 2.75) is 45.3 Å². The second-order valence-corrected chi connectivity index (χ2v) is 8.92. The van der Waals surface area contributed by atoms with Crippen molar-refractivity contribution in [3.63, 3.8) is 0 Å². The highest BCUT2D eigenvalue weighted by Gasteiger charge is 2.49. The lowest BCUT2D eigenvalue weighted by atomic mass is 10.1. The fourth-order valence-corrected chi connectivity index (χ4v) is 4.08. The van der Waals surface area contributed by atoms with Gasteiger partial charge in [0.15, 0.2) is 18.4 Å². The minimum Gasteiger partial charge on any atom is -0.456 e. The fourth-order valence-electron chi connectivity index (χ4n) is 4.08. The summed E-state index contributed by atoms with van der Waals surface area (Å²) in [5, 5.41) is 9.43. The van der Waals surface area contributed by atoms with Crippen LogP contribution in [-0.4, -0.2) is 56.4 Å². The summed E-state index contributed by atoms with van der Waals surface area (Å²) >= 11 is 0. The number of halogens is 1. The van der Waals surface area contributed by atoms with Gasteiger partial charge in [-0.15, -0.1) is 0 Å². The van der Waals surface area contributed by atoms with E-state index in [-0.39, 0.29) is 15.7 Å². The van der Waals surface area contributed by atoms with Crippen molar-refractivity contribution in [3.8, 4) is 17.8 Å². The van der Waals surface area contributed by atoms with E-state index in [0.717, 1.165) is 26.0 Å². The first-order chi connectivity index (χ1) is 20.4. The zero-order chi connectivity index (χ0) is 31.4. The molecule has 1 aliphatic heterocycles. The van der Waals surface area contributed by atoms with Crippen LogP contribution in [0, 0.1) is 17.1 Å². The van der Waals surface area contributed by atoms with Crippen molar-refractivity contribution in [1.82, 2.24) is 14.1 Å². The number of pyridine rings is 1. The zero-order valence-electron chi connectivity index (χ0n) is 22.6. The molecule has 0 saturated carbocycles. The number of esters is 3. The largest absolute Gasteiger partial charge is 0.456 e. The van der Waals surface area contributed by atoms with E-state index in [1.807, 2.05) is 0 Å². The van der Waals surface area contributed by atoms with E-state index < -0.39 is 77.4 Å². The predicted octanol–water partition coefficient (Wildman–Crippen LogP) is 1.46. The second-order valence-electron chi connectivity index (χ2n) is 8.92. The maximum atomic E-state index is 14.8. The second kappa shape index (κ2) is 12.4. The first kappa shape index (κ1) is 30.3. The van der Waals surface area contributed by atoms with Crippen LogP contribution in [0.4, 0.5) is 9.18 Å². The maximum absolute atomic E-state index is 14.8. The maximum Gasteiger partial charge on any atom is 0.432 e. The van der Waals surface area contributed by atoms with E-state index in [9.17, 15) is 38.4 Å². The van der Waals surface area contributed by atoms with Gasteiger partial charge in [0.25, 0.3) is 0 Å². The van der Waals surface area contributed by atoms with Crippen LogP contribution in [0.5, 0.6) is 11.8 Å². The number of carbonyl (C=O) groups is 4. The third-order valence-corrected chi connectivity index (χ3v) is 5.90. The van der Waals surface area contributed by atoms with Gasteiger partial charge >= 0.3 is 35.3 Å². The smallest absolute Gasteiger partial charge is 0.432 e. The van der Waals surface area contributed by atoms with E-state index in [2.05, 4.69) is 4.98 Å². The van der Waals surface area contributed by atoms with Crippen LogP contribution in [0.15, 0.2) is 58.3 Å². The van der Waals surface area contributed by atoms with Crippen LogP contribution in [0.3, 0.4) is 0 Å². The Morgan fingerprint density at radius 2 is 1.63 bits per heavy atom. The van der Waals surface area contributed by atoms with Crippen LogP contribution in [0.2, 0.25) is 0 Å². The number of nitrogens with zero attached hydrogens (tertiary/aromatic N) is 4. The Kier molecular flexibility index (Phi) is 8.76. The molecule has 3 heterocycles. The lowest BCUT2D eigenvalue weighted by Gasteiger charge is -2.24. The molecule has 0 radical (unpaired) electrons. The molecule has 43 heavy (non-hydrogen) atoms. The highest BCUT2D eigenvalue weighted by atomic mass is 19.1. The highest BCUT2D eigenvalue weighted by Crippen LogP contribution is 2.33.